The van der Waals surface area contributed by atoms with Gasteiger partial charge in [0.2, 0.25) is 0 Å². The summed E-state index contributed by atoms with van der Waals surface area (Å²) in [6.07, 6.45) is 0. The maximum absolute atomic E-state index is 14.6. The Balaban J connectivity index is 1.37. The zero-order valence-corrected chi connectivity index (χ0v) is 34.6. The predicted molar refractivity (Wildman–Crippen MR) is 226 cm³/mol. The minimum absolute atomic E-state index is 0.0168. The molecule has 2 nitrogen and oxygen atoms in total. The summed E-state index contributed by atoms with van der Waals surface area (Å²) in [6.45, 7) is 20.6. The van der Waals surface area contributed by atoms with Gasteiger partial charge in [-0.25, -0.2) is 0 Å². The fourth-order valence-corrected chi connectivity index (χ4v) is 12.0. The molecule has 53 heavy (non-hydrogen) atoms. The molecule has 2 aliphatic rings. The van der Waals surface area contributed by atoms with Crippen LogP contribution in [0.1, 0.15) is 101 Å². The Morgan fingerprint density at radius 1 is 0.472 bits per heavy atom. The quantitative estimate of drug-likeness (QED) is 0.122. The van der Waals surface area contributed by atoms with Gasteiger partial charge in [-0.15, -0.1) is 0 Å². The van der Waals surface area contributed by atoms with Crippen molar-refractivity contribution in [3.8, 4) is 11.1 Å². The Labute approximate surface area is 323 Å². The van der Waals surface area contributed by atoms with E-state index in [2.05, 4.69) is 189 Å². The van der Waals surface area contributed by atoms with E-state index in [0.29, 0.717) is 0 Å². The molecule has 6 aromatic carbocycles. The second-order valence-electron chi connectivity index (χ2n) is 18.2. The van der Waals surface area contributed by atoms with Crippen molar-refractivity contribution in [1.29, 1.82) is 0 Å². The van der Waals surface area contributed by atoms with E-state index in [9.17, 15) is 4.79 Å². The van der Waals surface area contributed by atoms with E-state index in [1.165, 1.54) is 73.9 Å². The van der Waals surface area contributed by atoms with Crippen LogP contribution in [0.4, 0.5) is 17.1 Å². The summed E-state index contributed by atoms with van der Waals surface area (Å²) in [5, 5.41) is 1.78. The number of nitrogens with zero attached hydrogens (tertiary/aromatic N) is 1. The second kappa shape index (κ2) is 11.5. The summed E-state index contributed by atoms with van der Waals surface area (Å²) < 4.78 is 2.51. The third-order valence-electron chi connectivity index (χ3n) is 11.7. The molecule has 0 unspecified atom stereocenters. The molecule has 1 aromatic heterocycles. The Morgan fingerprint density at radius 3 is 1.58 bits per heavy atom. The standard InChI is InChI=1S/C50H47NOTe/c1-47(2,3)30-22-23-35-44(27-30)53-45-29-36-34-16-10-11-17-38(34)50(41(36)28-37(45)46(35)52)39-18-12-14-20-42(39)51(43-21-15-13-19-40(43)50)33-25-31(48(4,5)6)24-32(26-33)49(7,8)9/h10-29H,1-9H3. The van der Waals surface area contributed by atoms with Gasteiger partial charge in [0.15, 0.2) is 0 Å². The minimum atomic E-state index is -0.782. The van der Waals surface area contributed by atoms with Crippen molar-refractivity contribution in [2.24, 2.45) is 0 Å². The minimum Gasteiger partial charge on any atom is -0.0561 e. The van der Waals surface area contributed by atoms with Gasteiger partial charge in [0.05, 0.1) is 0 Å². The molecule has 0 radical (unpaired) electrons. The molecule has 0 fully saturated rings. The SMILES string of the molecule is CC(C)(C)c1cc(N2c3ccccc3C3(c4ccccc4-c4cc5[te]c6cc(C(C)(C)C)ccc6c(=O)c5cc43)c3ccccc32)cc(C(C)(C)C)c1. The van der Waals surface area contributed by atoms with Crippen molar-refractivity contribution < 1.29 is 0 Å². The van der Waals surface area contributed by atoms with E-state index in [1.807, 2.05) is 0 Å². The normalized spacial score (nSPS) is 14.7. The molecular formula is C50H47NOTe. The molecule has 1 aliphatic heterocycles. The van der Waals surface area contributed by atoms with Crippen molar-refractivity contribution in [3.05, 3.63) is 170 Å². The van der Waals surface area contributed by atoms with E-state index in [0.717, 1.165) is 10.8 Å². The third-order valence-corrected chi connectivity index (χ3v) is 14.9. The molecular weight excluding hydrogens is 758 g/mol. The van der Waals surface area contributed by atoms with Crippen LogP contribution in [-0.4, -0.2) is 20.4 Å². The van der Waals surface area contributed by atoms with Crippen LogP contribution in [0.25, 0.3) is 28.7 Å². The molecule has 9 rings (SSSR count). The first-order chi connectivity index (χ1) is 25.1. The predicted octanol–water partition coefficient (Wildman–Crippen LogP) is 12.4. The first-order valence-corrected chi connectivity index (χ1v) is 21.2. The smallest absolute Gasteiger partial charge is 0.0561 e. The molecule has 264 valence electrons. The van der Waals surface area contributed by atoms with Gasteiger partial charge in [-0.3, -0.25) is 0 Å². The fourth-order valence-electron chi connectivity index (χ4n) is 8.80. The van der Waals surface area contributed by atoms with Gasteiger partial charge in [-0.1, -0.05) is 41.5 Å². The fraction of sp³-hybridized carbons (Fsp3) is 0.260. The van der Waals surface area contributed by atoms with Crippen LogP contribution in [0.2, 0.25) is 0 Å². The molecule has 0 bridgehead atoms. The average molecular weight is 806 g/mol. The number of benzene rings is 6. The molecule has 0 saturated heterocycles. The van der Waals surface area contributed by atoms with Crippen LogP contribution in [0.15, 0.2) is 126 Å². The summed E-state index contributed by atoms with van der Waals surface area (Å²) in [5.74, 6) is 0. The van der Waals surface area contributed by atoms with Crippen LogP contribution >= 0.6 is 0 Å². The van der Waals surface area contributed by atoms with Crippen LogP contribution in [0, 0.1) is 0 Å². The Kier molecular flexibility index (Phi) is 7.48. The number of hydrogen-bond acceptors (Lipinski definition) is 2. The van der Waals surface area contributed by atoms with Crippen molar-refractivity contribution >= 4 is 55.1 Å². The van der Waals surface area contributed by atoms with E-state index < -0.39 is 25.8 Å². The zero-order chi connectivity index (χ0) is 37.2. The van der Waals surface area contributed by atoms with Gasteiger partial charge in [0, 0.05) is 0 Å². The van der Waals surface area contributed by atoms with Gasteiger partial charge < -0.3 is 0 Å². The zero-order valence-electron chi connectivity index (χ0n) is 32.3. The monoisotopic (exact) mass is 807 g/mol. The first-order valence-electron chi connectivity index (χ1n) is 18.9. The van der Waals surface area contributed by atoms with Crippen LogP contribution in [0.5, 0.6) is 0 Å². The van der Waals surface area contributed by atoms with Crippen molar-refractivity contribution in [1.82, 2.24) is 0 Å². The number of para-hydroxylation sites is 2. The van der Waals surface area contributed by atoms with Gasteiger partial charge in [-0.05, 0) is 0 Å². The van der Waals surface area contributed by atoms with Crippen LogP contribution in [0.3, 0.4) is 0 Å². The van der Waals surface area contributed by atoms with Gasteiger partial charge in [0.1, 0.15) is 0 Å². The summed E-state index contributed by atoms with van der Waals surface area (Å²) in [7, 11) is 0. The Hall–Kier alpha value is -4.42. The summed E-state index contributed by atoms with van der Waals surface area (Å²) in [5.41, 5.74) is 14.6. The Morgan fingerprint density at radius 2 is 1.00 bits per heavy atom. The molecule has 2 heterocycles. The molecule has 3 heteroatoms. The molecule has 1 spiro atoms. The third kappa shape index (κ3) is 5.07. The van der Waals surface area contributed by atoms with Crippen LogP contribution < -0.4 is 10.3 Å². The Bertz CT molecular complexity index is 2630. The molecule has 7 aromatic rings. The summed E-state index contributed by atoms with van der Waals surface area (Å²) in [4.78, 5) is 17.1. The van der Waals surface area contributed by atoms with E-state index >= 15 is 0 Å². The van der Waals surface area contributed by atoms with E-state index in [-0.39, 0.29) is 21.7 Å². The topological polar surface area (TPSA) is 20.3 Å². The molecule has 0 amide bonds. The second-order valence-corrected chi connectivity index (χ2v) is 21.3. The van der Waals surface area contributed by atoms with Crippen molar-refractivity contribution in [3.63, 3.8) is 0 Å². The van der Waals surface area contributed by atoms with Crippen LogP contribution in [-0.2, 0) is 21.7 Å². The summed E-state index contributed by atoms with van der Waals surface area (Å²) >= 11 is -0.782. The number of fused-ring (bicyclic) bond motifs is 11. The van der Waals surface area contributed by atoms with Crippen molar-refractivity contribution in [2.45, 2.75) is 84.0 Å². The molecule has 0 atom stereocenters. The molecule has 0 saturated carbocycles. The number of rotatable bonds is 1. The first kappa shape index (κ1) is 34.4. The number of hydrogen-bond donors (Lipinski definition) is 0. The van der Waals surface area contributed by atoms with Gasteiger partial charge >= 0.3 is 284 Å². The molecule has 0 N–H and O–H groups in total. The average Bonchev–Trinajstić information content (AvgIpc) is 3.39. The van der Waals surface area contributed by atoms with E-state index in [4.69, 9.17) is 0 Å². The van der Waals surface area contributed by atoms with Gasteiger partial charge in [0.25, 0.3) is 0 Å². The van der Waals surface area contributed by atoms with Gasteiger partial charge in [-0.2, -0.15) is 0 Å². The molecule has 1 aliphatic carbocycles. The van der Waals surface area contributed by atoms with Crippen molar-refractivity contribution in [2.75, 3.05) is 4.90 Å². The van der Waals surface area contributed by atoms with E-state index in [1.54, 1.807) is 0 Å². The number of anilines is 3. The maximum atomic E-state index is 14.6. The summed E-state index contributed by atoms with van der Waals surface area (Å²) in [6, 6.07) is 45.5.